The molecular formula is C16H28N4. The third-order valence-corrected chi connectivity index (χ3v) is 4.11. The minimum atomic E-state index is 0.620. The van der Waals surface area contributed by atoms with Gasteiger partial charge in [0.05, 0.1) is 0 Å². The fourth-order valence-electron chi connectivity index (χ4n) is 3.20. The predicted octanol–water partition coefficient (Wildman–Crippen LogP) is 3.49. The highest BCUT2D eigenvalue weighted by molar-refractivity contribution is 5.59. The molecule has 0 bridgehead atoms. The number of hydrogen-bond acceptors (Lipinski definition) is 4. The SMILES string of the molecule is CCCc1c(NCC)ncnc1N1CCCC1C(C)C. The van der Waals surface area contributed by atoms with E-state index in [0.29, 0.717) is 12.0 Å². The van der Waals surface area contributed by atoms with Crippen LogP contribution < -0.4 is 10.2 Å². The molecule has 4 nitrogen and oxygen atoms in total. The van der Waals surface area contributed by atoms with E-state index in [1.165, 1.54) is 18.4 Å². The molecule has 1 aromatic rings. The summed E-state index contributed by atoms with van der Waals surface area (Å²) in [5.74, 6) is 2.85. The van der Waals surface area contributed by atoms with Crippen molar-refractivity contribution in [3.05, 3.63) is 11.9 Å². The lowest BCUT2D eigenvalue weighted by atomic mass is 10.0. The van der Waals surface area contributed by atoms with Crippen molar-refractivity contribution in [1.29, 1.82) is 0 Å². The first-order valence-corrected chi connectivity index (χ1v) is 8.03. The van der Waals surface area contributed by atoms with Crippen LogP contribution in [-0.2, 0) is 6.42 Å². The first-order valence-electron chi connectivity index (χ1n) is 8.03. The van der Waals surface area contributed by atoms with Gasteiger partial charge in [0, 0.05) is 24.7 Å². The lowest BCUT2D eigenvalue weighted by molar-refractivity contribution is 0.488. The molecule has 0 saturated carbocycles. The lowest BCUT2D eigenvalue weighted by Crippen LogP contribution is -2.35. The van der Waals surface area contributed by atoms with Gasteiger partial charge in [0.25, 0.3) is 0 Å². The zero-order valence-electron chi connectivity index (χ0n) is 13.3. The Kier molecular flexibility index (Phi) is 5.21. The molecule has 1 fully saturated rings. The summed E-state index contributed by atoms with van der Waals surface area (Å²) in [6, 6.07) is 0.620. The van der Waals surface area contributed by atoms with Crippen LogP contribution in [0, 0.1) is 5.92 Å². The molecule has 2 rings (SSSR count). The van der Waals surface area contributed by atoms with Gasteiger partial charge in [-0.05, 0) is 32.1 Å². The van der Waals surface area contributed by atoms with Gasteiger partial charge < -0.3 is 10.2 Å². The molecule has 1 unspecified atom stereocenters. The molecule has 0 spiro atoms. The minimum absolute atomic E-state index is 0.620. The lowest BCUT2D eigenvalue weighted by Gasteiger charge is -2.30. The molecule has 4 heteroatoms. The van der Waals surface area contributed by atoms with Crippen LogP contribution in [0.15, 0.2) is 6.33 Å². The summed E-state index contributed by atoms with van der Waals surface area (Å²) >= 11 is 0. The van der Waals surface area contributed by atoms with E-state index in [1.54, 1.807) is 6.33 Å². The number of anilines is 2. The van der Waals surface area contributed by atoms with E-state index in [9.17, 15) is 0 Å². The van der Waals surface area contributed by atoms with Gasteiger partial charge in [-0.15, -0.1) is 0 Å². The Morgan fingerprint density at radius 2 is 2.15 bits per heavy atom. The molecule has 112 valence electrons. The third kappa shape index (κ3) is 3.05. The smallest absolute Gasteiger partial charge is 0.137 e. The summed E-state index contributed by atoms with van der Waals surface area (Å²) in [5.41, 5.74) is 1.30. The van der Waals surface area contributed by atoms with E-state index in [0.717, 1.165) is 37.6 Å². The average Bonchev–Trinajstić information content (AvgIpc) is 2.90. The van der Waals surface area contributed by atoms with Crippen LogP contribution in [-0.4, -0.2) is 29.1 Å². The van der Waals surface area contributed by atoms with Crippen molar-refractivity contribution in [3.8, 4) is 0 Å². The summed E-state index contributed by atoms with van der Waals surface area (Å²) in [6.45, 7) is 11.0. The van der Waals surface area contributed by atoms with Gasteiger partial charge in [-0.1, -0.05) is 27.2 Å². The summed E-state index contributed by atoms with van der Waals surface area (Å²) in [4.78, 5) is 11.6. The molecule has 1 saturated heterocycles. The minimum Gasteiger partial charge on any atom is -0.370 e. The van der Waals surface area contributed by atoms with Crippen LogP contribution in [0.1, 0.15) is 52.5 Å². The molecular weight excluding hydrogens is 248 g/mol. The zero-order valence-corrected chi connectivity index (χ0v) is 13.3. The highest BCUT2D eigenvalue weighted by atomic mass is 15.2. The van der Waals surface area contributed by atoms with Gasteiger partial charge in [0.15, 0.2) is 0 Å². The third-order valence-electron chi connectivity index (χ3n) is 4.11. The molecule has 1 atom stereocenters. The molecule has 20 heavy (non-hydrogen) atoms. The van der Waals surface area contributed by atoms with Crippen LogP contribution in [0.4, 0.5) is 11.6 Å². The standard InChI is InChI=1S/C16H28N4/c1-5-8-13-15(17-6-2)18-11-19-16(13)20-10-7-9-14(20)12(3)4/h11-12,14H,5-10H2,1-4H3,(H,17,18,19). The van der Waals surface area contributed by atoms with Gasteiger partial charge in [-0.25, -0.2) is 9.97 Å². The van der Waals surface area contributed by atoms with E-state index >= 15 is 0 Å². The molecule has 1 N–H and O–H groups in total. The first-order chi connectivity index (χ1) is 9.69. The van der Waals surface area contributed by atoms with Gasteiger partial charge in [0.2, 0.25) is 0 Å². The normalized spacial score (nSPS) is 18.9. The zero-order chi connectivity index (χ0) is 14.5. The van der Waals surface area contributed by atoms with Gasteiger partial charge in [0.1, 0.15) is 18.0 Å². The molecule has 1 aliphatic heterocycles. The molecule has 1 aliphatic rings. The Morgan fingerprint density at radius 1 is 1.35 bits per heavy atom. The van der Waals surface area contributed by atoms with Crippen LogP contribution in [0.2, 0.25) is 0 Å². The fraction of sp³-hybridized carbons (Fsp3) is 0.750. The second-order valence-corrected chi connectivity index (χ2v) is 5.95. The van der Waals surface area contributed by atoms with E-state index in [1.807, 2.05) is 0 Å². The Bertz CT molecular complexity index is 430. The topological polar surface area (TPSA) is 41.1 Å². The molecule has 0 radical (unpaired) electrons. The first kappa shape index (κ1) is 15.1. The number of aromatic nitrogens is 2. The molecule has 0 aliphatic carbocycles. The van der Waals surface area contributed by atoms with E-state index in [4.69, 9.17) is 0 Å². The Morgan fingerprint density at radius 3 is 2.80 bits per heavy atom. The van der Waals surface area contributed by atoms with E-state index < -0.39 is 0 Å². The number of nitrogens with one attached hydrogen (secondary N) is 1. The molecule has 1 aromatic heterocycles. The maximum absolute atomic E-state index is 4.63. The number of nitrogens with zero attached hydrogens (tertiary/aromatic N) is 3. The van der Waals surface area contributed by atoms with Crippen LogP contribution in [0.3, 0.4) is 0 Å². The van der Waals surface area contributed by atoms with Gasteiger partial charge in [-0.3, -0.25) is 0 Å². The van der Waals surface area contributed by atoms with E-state index in [2.05, 4.69) is 47.9 Å². The van der Waals surface area contributed by atoms with Crippen molar-refractivity contribution in [2.45, 2.75) is 59.4 Å². The Labute approximate surface area is 123 Å². The van der Waals surface area contributed by atoms with Crippen molar-refractivity contribution in [2.24, 2.45) is 5.92 Å². The Balaban J connectivity index is 2.36. The van der Waals surface area contributed by atoms with Crippen molar-refractivity contribution < 1.29 is 0 Å². The van der Waals surface area contributed by atoms with Crippen LogP contribution in [0.5, 0.6) is 0 Å². The molecule has 0 amide bonds. The largest absolute Gasteiger partial charge is 0.370 e. The van der Waals surface area contributed by atoms with Crippen molar-refractivity contribution in [2.75, 3.05) is 23.3 Å². The Hall–Kier alpha value is -1.32. The highest BCUT2D eigenvalue weighted by Gasteiger charge is 2.30. The summed E-state index contributed by atoms with van der Waals surface area (Å²) in [7, 11) is 0. The maximum atomic E-state index is 4.63. The summed E-state index contributed by atoms with van der Waals surface area (Å²) < 4.78 is 0. The van der Waals surface area contributed by atoms with E-state index in [-0.39, 0.29) is 0 Å². The van der Waals surface area contributed by atoms with Crippen LogP contribution >= 0.6 is 0 Å². The number of hydrogen-bond donors (Lipinski definition) is 1. The fourth-order valence-corrected chi connectivity index (χ4v) is 3.20. The number of rotatable bonds is 6. The monoisotopic (exact) mass is 276 g/mol. The summed E-state index contributed by atoms with van der Waals surface area (Å²) in [6.07, 6.45) is 6.43. The van der Waals surface area contributed by atoms with Gasteiger partial charge in [-0.2, -0.15) is 0 Å². The van der Waals surface area contributed by atoms with Crippen molar-refractivity contribution in [3.63, 3.8) is 0 Å². The van der Waals surface area contributed by atoms with Crippen molar-refractivity contribution in [1.82, 2.24) is 9.97 Å². The highest BCUT2D eigenvalue weighted by Crippen LogP contribution is 2.33. The molecule has 2 heterocycles. The summed E-state index contributed by atoms with van der Waals surface area (Å²) in [5, 5.41) is 3.39. The maximum Gasteiger partial charge on any atom is 0.137 e. The predicted molar refractivity (Wildman–Crippen MR) is 85.4 cm³/mol. The van der Waals surface area contributed by atoms with Crippen molar-refractivity contribution >= 4 is 11.6 Å². The second kappa shape index (κ2) is 6.91. The quantitative estimate of drug-likeness (QED) is 0.863. The van der Waals surface area contributed by atoms with Crippen LogP contribution in [0.25, 0.3) is 0 Å². The second-order valence-electron chi connectivity index (χ2n) is 5.95. The average molecular weight is 276 g/mol. The van der Waals surface area contributed by atoms with Gasteiger partial charge >= 0.3 is 0 Å². The molecule has 0 aromatic carbocycles.